The molecular weight excluding hydrogens is 240 g/mol. The number of aryl methyl sites for hydroxylation is 1. The van der Waals surface area contributed by atoms with Crippen LogP contribution in [-0.2, 0) is 6.61 Å². The maximum absolute atomic E-state index is 9.24. The van der Waals surface area contributed by atoms with Gasteiger partial charge in [-0.05, 0) is 26.0 Å². The second kappa shape index (κ2) is 5.51. The number of hydrogen-bond acceptors (Lipinski definition) is 3. The van der Waals surface area contributed by atoms with Gasteiger partial charge < -0.3 is 9.84 Å². The first kappa shape index (κ1) is 13.1. The highest BCUT2D eigenvalue weighted by Crippen LogP contribution is 2.30. The summed E-state index contributed by atoms with van der Waals surface area (Å²) in [5.41, 5.74) is 2.97. The second-order valence-corrected chi connectivity index (χ2v) is 4.19. The highest BCUT2D eigenvalue weighted by Gasteiger charge is 2.10. The smallest absolute Gasteiger partial charge is 0.187 e. The summed E-state index contributed by atoms with van der Waals surface area (Å²) >= 11 is 0. The van der Waals surface area contributed by atoms with Gasteiger partial charge in [-0.25, -0.2) is 4.85 Å². The van der Waals surface area contributed by atoms with Gasteiger partial charge in [-0.15, -0.1) is 0 Å². The molecule has 1 N–H and O–H groups in total. The molecule has 1 aromatic heterocycles. The number of benzene rings is 1. The second-order valence-electron chi connectivity index (χ2n) is 4.19. The van der Waals surface area contributed by atoms with Crippen molar-refractivity contribution < 1.29 is 9.84 Å². The Morgan fingerprint density at radius 2 is 1.95 bits per heavy atom. The Hall–Kier alpha value is -2.38. The molecule has 4 nitrogen and oxygen atoms in total. The van der Waals surface area contributed by atoms with Crippen LogP contribution >= 0.6 is 0 Å². The van der Waals surface area contributed by atoms with E-state index in [4.69, 9.17) is 11.3 Å². The Balaban J connectivity index is 2.34. The molecule has 0 aliphatic rings. The van der Waals surface area contributed by atoms with Crippen LogP contribution in [0.25, 0.3) is 4.85 Å². The molecule has 0 atom stereocenters. The van der Waals surface area contributed by atoms with Gasteiger partial charge >= 0.3 is 0 Å². The van der Waals surface area contributed by atoms with Crippen molar-refractivity contribution >= 4 is 5.69 Å². The fourth-order valence-electron chi connectivity index (χ4n) is 1.76. The van der Waals surface area contributed by atoms with Crippen LogP contribution in [0.15, 0.2) is 30.5 Å². The number of aliphatic hydroxyl groups is 1. The average molecular weight is 254 g/mol. The van der Waals surface area contributed by atoms with Crippen molar-refractivity contribution in [3.63, 3.8) is 0 Å². The van der Waals surface area contributed by atoms with E-state index in [9.17, 15) is 5.11 Å². The Kier molecular flexibility index (Phi) is 3.79. The van der Waals surface area contributed by atoms with Crippen LogP contribution < -0.4 is 4.74 Å². The number of hydrogen-bond donors (Lipinski definition) is 1. The Morgan fingerprint density at radius 3 is 2.53 bits per heavy atom. The molecule has 4 heteroatoms. The zero-order chi connectivity index (χ0) is 13.8. The van der Waals surface area contributed by atoms with Gasteiger partial charge in [0.25, 0.3) is 0 Å². The van der Waals surface area contributed by atoms with E-state index in [1.54, 1.807) is 30.5 Å². The third kappa shape index (κ3) is 2.72. The molecule has 19 heavy (non-hydrogen) atoms. The van der Waals surface area contributed by atoms with Crippen molar-refractivity contribution in [3.8, 4) is 11.5 Å². The topological polar surface area (TPSA) is 46.7 Å². The van der Waals surface area contributed by atoms with E-state index < -0.39 is 0 Å². The summed E-state index contributed by atoms with van der Waals surface area (Å²) < 4.78 is 5.81. The van der Waals surface area contributed by atoms with E-state index in [0.29, 0.717) is 17.2 Å². The number of nitrogens with zero attached hydrogens (tertiary/aromatic N) is 2. The molecule has 0 fully saturated rings. The van der Waals surface area contributed by atoms with Crippen molar-refractivity contribution in [3.05, 3.63) is 58.7 Å². The van der Waals surface area contributed by atoms with Crippen LogP contribution in [-0.4, -0.2) is 10.1 Å². The van der Waals surface area contributed by atoms with Gasteiger partial charge in [0, 0.05) is 17.3 Å². The standard InChI is InChI=1S/C15H14N2O2/c1-10-12(9-18)8-17-11(2)15(10)19-14-6-4-13(16-3)5-7-14/h4-8,18H,9H2,1-2H3. The van der Waals surface area contributed by atoms with E-state index >= 15 is 0 Å². The van der Waals surface area contributed by atoms with Gasteiger partial charge in [-0.1, -0.05) is 12.1 Å². The maximum atomic E-state index is 9.24. The average Bonchev–Trinajstić information content (AvgIpc) is 2.44. The molecule has 0 spiro atoms. The molecule has 96 valence electrons. The van der Waals surface area contributed by atoms with E-state index in [2.05, 4.69) is 9.83 Å². The Bertz CT molecular complexity index is 628. The number of aliphatic hydroxyl groups excluding tert-OH is 1. The number of aromatic nitrogens is 1. The van der Waals surface area contributed by atoms with Crippen LogP contribution in [0.4, 0.5) is 5.69 Å². The van der Waals surface area contributed by atoms with Crippen molar-refractivity contribution in [2.75, 3.05) is 0 Å². The van der Waals surface area contributed by atoms with Gasteiger partial charge in [0.05, 0.1) is 18.9 Å². The summed E-state index contributed by atoms with van der Waals surface area (Å²) in [4.78, 5) is 7.54. The van der Waals surface area contributed by atoms with Crippen molar-refractivity contribution in [2.24, 2.45) is 0 Å². The van der Waals surface area contributed by atoms with E-state index in [0.717, 1.165) is 16.8 Å². The number of ether oxygens (including phenoxy) is 1. The first-order chi connectivity index (χ1) is 9.15. The molecule has 0 saturated heterocycles. The zero-order valence-electron chi connectivity index (χ0n) is 10.8. The molecule has 1 aromatic carbocycles. The van der Waals surface area contributed by atoms with Crippen LogP contribution in [0.1, 0.15) is 16.8 Å². The molecule has 0 saturated carbocycles. The Labute approximate surface area is 112 Å². The summed E-state index contributed by atoms with van der Waals surface area (Å²) in [6.45, 7) is 10.6. The van der Waals surface area contributed by atoms with Gasteiger partial charge in [-0.2, -0.15) is 0 Å². The highest BCUT2D eigenvalue weighted by atomic mass is 16.5. The predicted octanol–water partition coefficient (Wildman–Crippen LogP) is 3.53. The van der Waals surface area contributed by atoms with E-state index in [-0.39, 0.29) is 6.61 Å². The van der Waals surface area contributed by atoms with E-state index in [1.165, 1.54) is 0 Å². The summed E-state index contributed by atoms with van der Waals surface area (Å²) in [5.74, 6) is 1.30. The van der Waals surface area contributed by atoms with E-state index in [1.807, 2.05) is 13.8 Å². The van der Waals surface area contributed by atoms with Gasteiger partial charge in [0.2, 0.25) is 0 Å². The van der Waals surface area contributed by atoms with Crippen LogP contribution in [0.2, 0.25) is 0 Å². The number of rotatable bonds is 3. The fourth-order valence-corrected chi connectivity index (χ4v) is 1.76. The minimum Gasteiger partial charge on any atom is -0.455 e. The lowest BCUT2D eigenvalue weighted by molar-refractivity contribution is 0.279. The van der Waals surface area contributed by atoms with Gasteiger partial charge in [0.1, 0.15) is 5.75 Å². The highest BCUT2D eigenvalue weighted by molar-refractivity contribution is 5.49. The third-order valence-corrected chi connectivity index (χ3v) is 2.92. The molecule has 1 heterocycles. The summed E-state index contributed by atoms with van der Waals surface area (Å²) in [6.07, 6.45) is 1.65. The minimum atomic E-state index is -0.0634. The molecule has 0 unspecified atom stereocenters. The molecular formula is C15H14N2O2. The fraction of sp³-hybridized carbons (Fsp3) is 0.200. The molecule has 0 aliphatic heterocycles. The monoisotopic (exact) mass is 254 g/mol. The SMILES string of the molecule is [C-]#[N+]c1ccc(Oc2c(C)ncc(CO)c2C)cc1. The summed E-state index contributed by atoms with van der Waals surface area (Å²) in [5, 5.41) is 9.24. The lowest BCUT2D eigenvalue weighted by atomic mass is 10.1. The van der Waals surface area contributed by atoms with Crippen molar-refractivity contribution in [1.82, 2.24) is 4.98 Å². The summed E-state index contributed by atoms with van der Waals surface area (Å²) in [6, 6.07) is 6.91. The molecule has 2 aromatic rings. The quantitative estimate of drug-likeness (QED) is 0.852. The lowest BCUT2D eigenvalue weighted by Gasteiger charge is -2.13. The molecule has 2 rings (SSSR count). The molecule has 0 aliphatic carbocycles. The van der Waals surface area contributed by atoms with Gasteiger partial charge in [0.15, 0.2) is 11.4 Å². The van der Waals surface area contributed by atoms with Crippen LogP contribution in [0, 0.1) is 20.4 Å². The largest absolute Gasteiger partial charge is 0.455 e. The van der Waals surface area contributed by atoms with Crippen molar-refractivity contribution in [2.45, 2.75) is 20.5 Å². The van der Waals surface area contributed by atoms with Crippen LogP contribution in [0.3, 0.4) is 0 Å². The molecule has 0 amide bonds. The summed E-state index contributed by atoms with van der Waals surface area (Å²) in [7, 11) is 0. The van der Waals surface area contributed by atoms with Crippen molar-refractivity contribution in [1.29, 1.82) is 0 Å². The third-order valence-electron chi connectivity index (χ3n) is 2.92. The first-order valence-electron chi connectivity index (χ1n) is 5.87. The lowest BCUT2D eigenvalue weighted by Crippen LogP contribution is -1.98. The zero-order valence-corrected chi connectivity index (χ0v) is 10.8. The predicted molar refractivity (Wildman–Crippen MR) is 72.4 cm³/mol. The number of pyridine rings is 1. The Morgan fingerprint density at radius 1 is 1.26 bits per heavy atom. The van der Waals surface area contributed by atoms with Crippen LogP contribution in [0.5, 0.6) is 11.5 Å². The molecule has 0 bridgehead atoms. The van der Waals surface area contributed by atoms with Gasteiger partial charge in [-0.3, -0.25) is 4.98 Å². The maximum Gasteiger partial charge on any atom is 0.187 e. The molecule has 0 radical (unpaired) electrons. The minimum absolute atomic E-state index is 0.0634. The first-order valence-corrected chi connectivity index (χ1v) is 5.87. The normalized spacial score (nSPS) is 10.0.